The smallest absolute Gasteiger partial charge is 0.475 e. The first-order valence-electron chi connectivity index (χ1n) is 11.7. The lowest BCUT2D eigenvalue weighted by molar-refractivity contribution is -0.192. The van der Waals surface area contributed by atoms with Crippen LogP contribution >= 0.6 is 0 Å². The van der Waals surface area contributed by atoms with Gasteiger partial charge in [0.2, 0.25) is 0 Å². The van der Waals surface area contributed by atoms with Crippen LogP contribution in [-0.4, -0.2) is 45.4 Å². The van der Waals surface area contributed by atoms with Gasteiger partial charge in [-0.05, 0) is 49.4 Å². The van der Waals surface area contributed by atoms with Crippen molar-refractivity contribution in [1.29, 1.82) is 0 Å². The van der Waals surface area contributed by atoms with E-state index in [1.807, 2.05) is 45.0 Å². The Morgan fingerprint density at radius 3 is 2.51 bits per heavy atom. The van der Waals surface area contributed by atoms with Gasteiger partial charge in [-0.2, -0.15) is 13.2 Å². The molecular formula is C26H28F3N3O5. The first-order valence-corrected chi connectivity index (χ1v) is 11.7. The molecule has 0 bridgehead atoms. The van der Waals surface area contributed by atoms with Crippen LogP contribution in [0.5, 0.6) is 0 Å². The maximum absolute atomic E-state index is 12.5. The van der Waals surface area contributed by atoms with E-state index in [9.17, 15) is 22.8 Å². The lowest BCUT2D eigenvalue weighted by atomic mass is 10.0. The van der Waals surface area contributed by atoms with Crippen molar-refractivity contribution in [3.63, 3.8) is 0 Å². The highest BCUT2D eigenvalue weighted by molar-refractivity contribution is 5.86. The van der Waals surface area contributed by atoms with Crippen LogP contribution in [0.3, 0.4) is 0 Å². The average Bonchev–Trinajstić information content (AvgIpc) is 3.20. The Bertz CT molecular complexity index is 1380. The van der Waals surface area contributed by atoms with E-state index in [0.29, 0.717) is 19.6 Å². The number of aryl methyl sites for hydroxylation is 2. The van der Waals surface area contributed by atoms with Gasteiger partial charge in [0.25, 0.3) is 5.56 Å². The van der Waals surface area contributed by atoms with Gasteiger partial charge in [0, 0.05) is 16.5 Å². The van der Waals surface area contributed by atoms with Gasteiger partial charge in [-0.25, -0.2) is 9.78 Å². The SMILES string of the molecule is Cc1ccc2n(c1=O)Cc1cc3c(CCCOC(=O)C(N)C(C)C)cccc3nc1-2.O=C(O)C(F)(F)F. The molecule has 198 valence electrons. The minimum Gasteiger partial charge on any atom is -0.475 e. The van der Waals surface area contributed by atoms with Crippen LogP contribution in [0.1, 0.15) is 37.0 Å². The molecule has 0 radical (unpaired) electrons. The zero-order valence-electron chi connectivity index (χ0n) is 20.6. The molecule has 0 spiro atoms. The number of pyridine rings is 2. The van der Waals surface area contributed by atoms with Gasteiger partial charge in [-0.3, -0.25) is 9.59 Å². The predicted octanol–water partition coefficient (Wildman–Crippen LogP) is 3.83. The molecule has 37 heavy (non-hydrogen) atoms. The summed E-state index contributed by atoms with van der Waals surface area (Å²) in [4.78, 5) is 38.2. The number of aliphatic carboxylic acids is 1. The normalized spacial score (nSPS) is 13.0. The Morgan fingerprint density at radius 2 is 1.89 bits per heavy atom. The van der Waals surface area contributed by atoms with E-state index in [2.05, 4.69) is 12.1 Å². The molecule has 3 N–H and O–H groups in total. The number of carboxylic acid groups (broad SMARTS) is 1. The molecule has 1 unspecified atom stereocenters. The monoisotopic (exact) mass is 519 g/mol. The number of carbonyl (C=O) groups is 2. The maximum Gasteiger partial charge on any atom is 0.490 e. The fourth-order valence-electron chi connectivity index (χ4n) is 3.88. The maximum atomic E-state index is 12.5. The summed E-state index contributed by atoms with van der Waals surface area (Å²) in [6.45, 7) is 6.53. The number of hydrogen-bond donors (Lipinski definition) is 2. The van der Waals surface area contributed by atoms with E-state index >= 15 is 0 Å². The van der Waals surface area contributed by atoms with Crippen molar-refractivity contribution in [1.82, 2.24) is 9.55 Å². The molecular weight excluding hydrogens is 491 g/mol. The third-order valence-electron chi connectivity index (χ3n) is 6.03. The fourth-order valence-corrected chi connectivity index (χ4v) is 3.88. The van der Waals surface area contributed by atoms with Gasteiger partial charge in [-0.1, -0.05) is 32.0 Å². The van der Waals surface area contributed by atoms with E-state index in [1.54, 1.807) is 4.57 Å². The lowest BCUT2D eigenvalue weighted by Crippen LogP contribution is -2.37. The summed E-state index contributed by atoms with van der Waals surface area (Å²) in [5.74, 6) is -3.04. The summed E-state index contributed by atoms with van der Waals surface area (Å²) in [6, 6.07) is 11.5. The second-order valence-electron chi connectivity index (χ2n) is 9.12. The number of ether oxygens (including phenoxy) is 1. The summed E-state index contributed by atoms with van der Waals surface area (Å²) >= 11 is 0. The minimum atomic E-state index is -5.08. The van der Waals surface area contributed by atoms with Gasteiger partial charge in [0.15, 0.2) is 0 Å². The van der Waals surface area contributed by atoms with Crippen molar-refractivity contribution >= 4 is 22.8 Å². The van der Waals surface area contributed by atoms with Gasteiger partial charge in [0.1, 0.15) is 6.04 Å². The second-order valence-corrected chi connectivity index (χ2v) is 9.12. The first kappa shape index (κ1) is 27.9. The first-order chi connectivity index (χ1) is 17.3. The molecule has 1 aromatic carbocycles. The third kappa shape index (κ3) is 6.34. The molecule has 1 aliphatic heterocycles. The molecule has 0 saturated heterocycles. The van der Waals surface area contributed by atoms with Crippen LogP contribution in [-0.2, 0) is 27.3 Å². The minimum absolute atomic E-state index is 0.0381. The van der Waals surface area contributed by atoms with Crippen LogP contribution < -0.4 is 11.3 Å². The van der Waals surface area contributed by atoms with E-state index in [-0.39, 0.29) is 17.4 Å². The number of carboxylic acids is 1. The number of aromatic nitrogens is 2. The van der Waals surface area contributed by atoms with E-state index < -0.39 is 18.2 Å². The van der Waals surface area contributed by atoms with Gasteiger partial charge in [0.05, 0.1) is 30.1 Å². The number of carbonyl (C=O) groups excluding carboxylic acids is 1. The summed E-state index contributed by atoms with van der Waals surface area (Å²) in [5.41, 5.74) is 11.5. The van der Waals surface area contributed by atoms with Crippen LogP contribution in [0.4, 0.5) is 13.2 Å². The van der Waals surface area contributed by atoms with Crippen molar-refractivity contribution in [2.45, 2.75) is 52.4 Å². The Morgan fingerprint density at radius 1 is 1.22 bits per heavy atom. The molecule has 0 aliphatic carbocycles. The summed E-state index contributed by atoms with van der Waals surface area (Å²) in [5, 5.41) is 8.21. The molecule has 11 heteroatoms. The number of esters is 1. The van der Waals surface area contributed by atoms with E-state index in [1.165, 1.54) is 0 Å². The predicted molar refractivity (Wildman–Crippen MR) is 131 cm³/mol. The molecule has 1 aliphatic rings. The quantitative estimate of drug-likeness (QED) is 0.293. The van der Waals surface area contributed by atoms with Crippen molar-refractivity contribution in [2.75, 3.05) is 6.61 Å². The number of hydrogen-bond acceptors (Lipinski definition) is 6. The third-order valence-corrected chi connectivity index (χ3v) is 6.03. The van der Waals surface area contributed by atoms with Crippen molar-refractivity contribution < 1.29 is 32.6 Å². The largest absolute Gasteiger partial charge is 0.490 e. The Balaban J connectivity index is 0.000000479. The topological polar surface area (TPSA) is 125 Å². The average molecular weight is 520 g/mol. The number of alkyl halides is 3. The van der Waals surface area contributed by atoms with Gasteiger partial charge in [-0.15, -0.1) is 0 Å². The summed E-state index contributed by atoms with van der Waals surface area (Å²) < 4.78 is 38.9. The number of nitrogens with two attached hydrogens (primary N) is 1. The molecule has 0 fully saturated rings. The van der Waals surface area contributed by atoms with Crippen molar-refractivity contribution in [3.05, 3.63) is 63.4 Å². The number of nitrogens with zero attached hydrogens (tertiary/aromatic N) is 2. The molecule has 1 atom stereocenters. The zero-order chi connectivity index (χ0) is 27.5. The van der Waals surface area contributed by atoms with Crippen molar-refractivity contribution in [3.8, 4) is 11.4 Å². The number of halogens is 3. The van der Waals surface area contributed by atoms with Gasteiger partial charge >= 0.3 is 18.1 Å². The summed E-state index contributed by atoms with van der Waals surface area (Å²) in [7, 11) is 0. The number of benzene rings is 1. The van der Waals surface area contributed by atoms with Gasteiger partial charge < -0.3 is 20.1 Å². The highest BCUT2D eigenvalue weighted by atomic mass is 19.4. The molecule has 8 nitrogen and oxygen atoms in total. The van der Waals surface area contributed by atoms with E-state index in [4.69, 9.17) is 25.4 Å². The molecule has 3 aromatic rings. The Labute approximate surface area is 210 Å². The van der Waals surface area contributed by atoms with Crippen LogP contribution in [0.25, 0.3) is 22.3 Å². The van der Waals surface area contributed by atoms with Crippen LogP contribution in [0, 0.1) is 12.8 Å². The summed E-state index contributed by atoms with van der Waals surface area (Å²) in [6.07, 6.45) is -3.60. The zero-order valence-corrected chi connectivity index (χ0v) is 20.6. The fraction of sp³-hybridized carbons (Fsp3) is 0.385. The van der Waals surface area contributed by atoms with Crippen LogP contribution in [0.15, 0.2) is 41.2 Å². The molecule has 0 saturated carbocycles. The highest BCUT2D eigenvalue weighted by Gasteiger charge is 2.38. The number of fused-ring (bicyclic) bond motifs is 4. The number of rotatable bonds is 6. The molecule has 2 aromatic heterocycles. The Kier molecular flexibility index (Phi) is 8.37. The molecule has 0 amide bonds. The van der Waals surface area contributed by atoms with E-state index in [0.717, 1.165) is 45.4 Å². The van der Waals surface area contributed by atoms with Crippen molar-refractivity contribution in [2.24, 2.45) is 11.7 Å². The van der Waals surface area contributed by atoms with Crippen LogP contribution in [0.2, 0.25) is 0 Å². The molecule has 3 heterocycles. The lowest BCUT2D eigenvalue weighted by Gasteiger charge is -2.14. The highest BCUT2D eigenvalue weighted by Crippen LogP contribution is 2.32. The standard InChI is InChI=1S/C24H27N3O3.C2HF3O2/c1-14(2)21(25)24(29)30-11-5-7-16-6-4-8-19-18(16)12-17-13-27-20(22(17)26-19)10-9-15(3)23(27)28;3-2(4,5)1(6)7/h4,6,8-10,12,14,21H,5,7,11,13,25H2,1-3H3;(H,6,7). The Hall–Kier alpha value is -3.73. The second kappa shape index (κ2) is 11.1. The molecule has 4 rings (SSSR count).